The van der Waals surface area contributed by atoms with Gasteiger partial charge in [0.2, 0.25) is 0 Å². The zero-order valence-electron chi connectivity index (χ0n) is 16.8. The lowest BCUT2D eigenvalue weighted by molar-refractivity contribution is 0.284. The molecule has 0 aromatic heterocycles. The molecular weight excluding hydrogens is 414 g/mol. The summed E-state index contributed by atoms with van der Waals surface area (Å²) in [5.74, 6) is 1.46. The van der Waals surface area contributed by atoms with E-state index in [-0.39, 0.29) is 0 Å². The van der Waals surface area contributed by atoms with Gasteiger partial charge in [-0.3, -0.25) is 0 Å². The largest absolute Gasteiger partial charge is 0.493 e. The molecule has 3 rings (SSSR count). The van der Waals surface area contributed by atoms with E-state index in [2.05, 4.69) is 84.5 Å². The van der Waals surface area contributed by atoms with Gasteiger partial charge in [-0.25, -0.2) is 0 Å². The zero-order chi connectivity index (χ0) is 20.1. The highest BCUT2D eigenvalue weighted by atomic mass is 79.9. The summed E-state index contributed by atoms with van der Waals surface area (Å²) in [5, 5.41) is 3.48. The molecule has 1 N–H and O–H groups in total. The fraction of sp³-hybridized carbons (Fsp3) is 0.250. The van der Waals surface area contributed by atoms with Crippen LogP contribution in [0, 0.1) is 20.8 Å². The second-order valence-corrected chi connectivity index (χ2v) is 7.88. The van der Waals surface area contributed by atoms with Crippen LogP contribution in [0.2, 0.25) is 0 Å². The molecule has 0 amide bonds. The molecule has 0 aliphatic carbocycles. The summed E-state index contributed by atoms with van der Waals surface area (Å²) in [6, 6.07) is 18.7. The van der Waals surface area contributed by atoms with Gasteiger partial charge in [-0.05, 0) is 67.3 Å². The first-order valence-corrected chi connectivity index (χ1v) is 10.1. The lowest BCUT2D eigenvalue weighted by Crippen LogP contribution is -2.03. The van der Waals surface area contributed by atoms with Gasteiger partial charge in [0.1, 0.15) is 6.61 Å². The third kappa shape index (κ3) is 5.08. The molecule has 0 saturated carbocycles. The minimum absolute atomic E-state index is 0.503. The van der Waals surface area contributed by atoms with E-state index in [0.717, 1.165) is 32.8 Å². The summed E-state index contributed by atoms with van der Waals surface area (Å²) in [6.07, 6.45) is 0. The maximum absolute atomic E-state index is 6.01. The molecule has 3 aromatic rings. The van der Waals surface area contributed by atoms with Gasteiger partial charge in [0.05, 0.1) is 7.11 Å². The highest BCUT2D eigenvalue weighted by Crippen LogP contribution is 2.34. The highest BCUT2D eigenvalue weighted by Gasteiger charge is 2.11. The number of aryl methyl sites for hydroxylation is 3. The smallest absolute Gasteiger partial charge is 0.162 e. The van der Waals surface area contributed by atoms with E-state index < -0.39 is 0 Å². The molecule has 0 bridgehead atoms. The lowest BCUT2D eigenvalue weighted by atomic mass is 10.1. The summed E-state index contributed by atoms with van der Waals surface area (Å²) in [4.78, 5) is 0. The lowest BCUT2D eigenvalue weighted by Gasteiger charge is -2.15. The molecule has 3 nitrogen and oxygen atoms in total. The Morgan fingerprint density at radius 3 is 2.29 bits per heavy atom. The Morgan fingerprint density at radius 1 is 0.857 bits per heavy atom. The molecule has 0 aliphatic rings. The maximum atomic E-state index is 6.01. The predicted molar refractivity (Wildman–Crippen MR) is 119 cm³/mol. The van der Waals surface area contributed by atoms with Crippen LogP contribution in [-0.2, 0) is 13.2 Å². The van der Waals surface area contributed by atoms with E-state index in [1.54, 1.807) is 7.11 Å². The Balaban J connectivity index is 1.71. The first-order valence-electron chi connectivity index (χ1n) is 9.32. The monoisotopic (exact) mass is 439 g/mol. The third-order valence-electron chi connectivity index (χ3n) is 4.84. The van der Waals surface area contributed by atoms with Crippen LogP contribution in [0.3, 0.4) is 0 Å². The molecule has 0 atom stereocenters. The minimum Gasteiger partial charge on any atom is -0.493 e. The Labute approximate surface area is 175 Å². The molecule has 0 fully saturated rings. The fourth-order valence-electron chi connectivity index (χ4n) is 2.88. The topological polar surface area (TPSA) is 30.5 Å². The normalized spacial score (nSPS) is 10.6. The Morgan fingerprint density at radius 2 is 1.61 bits per heavy atom. The summed E-state index contributed by atoms with van der Waals surface area (Å²) in [6.45, 7) is 7.52. The van der Waals surface area contributed by atoms with E-state index in [4.69, 9.17) is 9.47 Å². The summed E-state index contributed by atoms with van der Waals surface area (Å²) in [7, 11) is 1.67. The molecule has 0 aliphatic heterocycles. The first-order chi connectivity index (χ1) is 13.5. The van der Waals surface area contributed by atoms with Crippen LogP contribution in [0.1, 0.15) is 27.8 Å². The standard InChI is InChI=1S/C24H26BrNO2/c1-16-5-8-19(9-6-16)15-28-24-13-22(25)20(12-23(24)27-4)14-26-21-10-7-17(2)18(3)11-21/h5-13,26H,14-15H2,1-4H3. The first kappa shape index (κ1) is 20.3. The van der Waals surface area contributed by atoms with Crippen LogP contribution in [0.4, 0.5) is 5.69 Å². The van der Waals surface area contributed by atoms with Crippen LogP contribution in [0.15, 0.2) is 59.1 Å². The minimum atomic E-state index is 0.503. The van der Waals surface area contributed by atoms with Crippen molar-refractivity contribution in [2.24, 2.45) is 0 Å². The zero-order valence-corrected chi connectivity index (χ0v) is 18.4. The SMILES string of the molecule is COc1cc(CNc2ccc(C)c(C)c2)c(Br)cc1OCc1ccc(C)cc1. The molecule has 0 heterocycles. The number of methoxy groups -OCH3 is 1. The van der Waals surface area contributed by atoms with Gasteiger partial charge < -0.3 is 14.8 Å². The van der Waals surface area contributed by atoms with Crippen molar-refractivity contribution in [3.05, 3.63) is 86.9 Å². The second-order valence-electron chi connectivity index (χ2n) is 7.02. The number of rotatable bonds is 7. The molecule has 28 heavy (non-hydrogen) atoms. The van der Waals surface area contributed by atoms with E-state index in [0.29, 0.717) is 13.2 Å². The highest BCUT2D eigenvalue weighted by molar-refractivity contribution is 9.10. The number of nitrogens with one attached hydrogen (secondary N) is 1. The summed E-state index contributed by atoms with van der Waals surface area (Å²) >= 11 is 3.67. The van der Waals surface area contributed by atoms with Crippen molar-refractivity contribution >= 4 is 21.6 Å². The van der Waals surface area contributed by atoms with Gasteiger partial charge in [0.15, 0.2) is 11.5 Å². The van der Waals surface area contributed by atoms with Gasteiger partial charge in [-0.2, -0.15) is 0 Å². The molecule has 146 valence electrons. The maximum Gasteiger partial charge on any atom is 0.162 e. The Kier molecular flexibility index (Phi) is 6.63. The van der Waals surface area contributed by atoms with Crippen LogP contribution in [0.5, 0.6) is 11.5 Å². The molecule has 4 heteroatoms. The van der Waals surface area contributed by atoms with Crippen LogP contribution >= 0.6 is 15.9 Å². The van der Waals surface area contributed by atoms with E-state index in [1.165, 1.54) is 16.7 Å². The van der Waals surface area contributed by atoms with Gasteiger partial charge in [-0.1, -0.05) is 51.8 Å². The number of hydrogen-bond acceptors (Lipinski definition) is 3. The van der Waals surface area contributed by atoms with Crippen molar-refractivity contribution in [3.63, 3.8) is 0 Å². The molecule has 0 saturated heterocycles. The molecule has 0 radical (unpaired) electrons. The van der Waals surface area contributed by atoms with Crippen molar-refractivity contribution in [1.29, 1.82) is 0 Å². The van der Waals surface area contributed by atoms with Crippen molar-refractivity contribution in [2.45, 2.75) is 33.9 Å². The Hall–Kier alpha value is -2.46. The molecular formula is C24H26BrNO2. The predicted octanol–water partition coefficient (Wildman–Crippen LogP) is 6.57. The van der Waals surface area contributed by atoms with Gasteiger partial charge in [0, 0.05) is 16.7 Å². The second kappa shape index (κ2) is 9.16. The van der Waals surface area contributed by atoms with Crippen molar-refractivity contribution in [2.75, 3.05) is 12.4 Å². The summed E-state index contributed by atoms with van der Waals surface area (Å²) < 4.78 is 12.6. The quantitative estimate of drug-likeness (QED) is 0.451. The van der Waals surface area contributed by atoms with Gasteiger partial charge >= 0.3 is 0 Å². The average Bonchev–Trinajstić information content (AvgIpc) is 2.69. The van der Waals surface area contributed by atoms with E-state index in [1.807, 2.05) is 12.1 Å². The van der Waals surface area contributed by atoms with Gasteiger partial charge in [-0.15, -0.1) is 0 Å². The van der Waals surface area contributed by atoms with E-state index in [9.17, 15) is 0 Å². The average molecular weight is 440 g/mol. The van der Waals surface area contributed by atoms with E-state index >= 15 is 0 Å². The van der Waals surface area contributed by atoms with Gasteiger partial charge in [0.25, 0.3) is 0 Å². The fourth-order valence-corrected chi connectivity index (χ4v) is 3.34. The van der Waals surface area contributed by atoms with Crippen LogP contribution in [0.25, 0.3) is 0 Å². The molecule has 0 spiro atoms. The molecule has 0 unspecified atom stereocenters. The van der Waals surface area contributed by atoms with Crippen molar-refractivity contribution in [1.82, 2.24) is 0 Å². The van der Waals surface area contributed by atoms with Crippen LogP contribution in [-0.4, -0.2) is 7.11 Å². The molecule has 3 aromatic carbocycles. The Bertz CT molecular complexity index is 952. The summed E-state index contributed by atoms with van der Waals surface area (Å²) in [5.41, 5.74) is 7.16. The van der Waals surface area contributed by atoms with Crippen molar-refractivity contribution < 1.29 is 9.47 Å². The third-order valence-corrected chi connectivity index (χ3v) is 5.58. The number of benzene rings is 3. The number of halogens is 1. The van der Waals surface area contributed by atoms with Crippen molar-refractivity contribution in [3.8, 4) is 11.5 Å². The number of anilines is 1. The number of ether oxygens (including phenoxy) is 2. The van der Waals surface area contributed by atoms with Crippen LogP contribution < -0.4 is 14.8 Å². The number of hydrogen-bond donors (Lipinski definition) is 1.